The Labute approximate surface area is 120 Å². The summed E-state index contributed by atoms with van der Waals surface area (Å²) in [4.78, 5) is 0. The molecule has 3 heteroatoms. The van der Waals surface area contributed by atoms with E-state index < -0.39 is 0 Å². The molecule has 0 radical (unpaired) electrons. The van der Waals surface area contributed by atoms with Crippen LogP contribution in [0.15, 0.2) is 36.4 Å². The Morgan fingerprint density at radius 1 is 1.11 bits per heavy atom. The molecular weight excluding hydrogens is 258 g/mol. The van der Waals surface area contributed by atoms with E-state index in [4.69, 9.17) is 4.74 Å². The minimum atomic E-state index is 0. The number of rotatable bonds is 2. The molecule has 102 valence electrons. The minimum Gasteiger partial charge on any atom is -0.496 e. The van der Waals surface area contributed by atoms with E-state index in [0.29, 0.717) is 6.04 Å². The van der Waals surface area contributed by atoms with Crippen molar-refractivity contribution in [2.24, 2.45) is 0 Å². The Bertz CT molecular complexity index is 549. The Kier molecular flexibility index (Phi) is 4.67. The molecule has 2 aromatic carbocycles. The highest BCUT2D eigenvalue weighted by Gasteiger charge is 2.20. The first-order chi connectivity index (χ1) is 8.90. The van der Waals surface area contributed by atoms with E-state index in [1.165, 1.54) is 35.6 Å². The van der Waals surface area contributed by atoms with Crippen LogP contribution in [0.1, 0.15) is 30.9 Å². The van der Waals surface area contributed by atoms with Crippen LogP contribution in [0.5, 0.6) is 5.75 Å². The number of halogens is 1. The molecule has 0 bridgehead atoms. The number of hydrogen-bond donors (Lipinski definition) is 1. The van der Waals surface area contributed by atoms with E-state index in [1.54, 1.807) is 7.11 Å². The van der Waals surface area contributed by atoms with E-state index in [0.717, 1.165) is 12.3 Å². The molecular formula is C16H20ClNO. The van der Waals surface area contributed by atoms with E-state index in [-0.39, 0.29) is 12.4 Å². The normalized spacial score (nSPS) is 18.9. The summed E-state index contributed by atoms with van der Waals surface area (Å²) < 4.78 is 5.57. The molecule has 0 spiro atoms. The summed E-state index contributed by atoms with van der Waals surface area (Å²) in [7, 11) is 1.76. The minimum absolute atomic E-state index is 0. The number of methoxy groups -OCH3 is 1. The van der Waals surface area contributed by atoms with Gasteiger partial charge in [0.15, 0.2) is 0 Å². The van der Waals surface area contributed by atoms with Crippen LogP contribution in [0.25, 0.3) is 10.8 Å². The summed E-state index contributed by atoms with van der Waals surface area (Å²) >= 11 is 0. The molecule has 2 nitrogen and oxygen atoms in total. The second-order valence-corrected chi connectivity index (χ2v) is 4.91. The smallest absolute Gasteiger partial charge is 0.124 e. The highest BCUT2D eigenvalue weighted by molar-refractivity contribution is 5.88. The van der Waals surface area contributed by atoms with Gasteiger partial charge in [0.25, 0.3) is 0 Å². The van der Waals surface area contributed by atoms with E-state index >= 15 is 0 Å². The molecule has 1 aliphatic rings. The van der Waals surface area contributed by atoms with Crippen molar-refractivity contribution in [1.82, 2.24) is 5.32 Å². The second-order valence-electron chi connectivity index (χ2n) is 4.91. The lowest BCUT2D eigenvalue weighted by Crippen LogP contribution is -2.27. The van der Waals surface area contributed by atoms with Crippen molar-refractivity contribution in [1.29, 1.82) is 0 Å². The van der Waals surface area contributed by atoms with Crippen LogP contribution < -0.4 is 10.1 Å². The van der Waals surface area contributed by atoms with Crippen LogP contribution in [0, 0.1) is 0 Å². The number of benzene rings is 2. The first kappa shape index (κ1) is 14.2. The molecule has 19 heavy (non-hydrogen) atoms. The van der Waals surface area contributed by atoms with Gasteiger partial charge in [-0.2, -0.15) is 0 Å². The van der Waals surface area contributed by atoms with Crippen molar-refractivity contribution >= 4 is 23.2 Å². The molecule has 0 aliphatic carbocycles. The molecule has 1 saturated heterocycles. The monoisotopic (exact) mass is 277 g/mol. The second kappa shape index (κ2) is 6.27. The predicted octanol–water partition coefficient (Wildman–Crippen LogP) is 4.08. The molecule has 1 N–H and O–H groups in total. The van der Waals surface area contributed by atoms with Crippen molar-refractivity contribution in [3.8, 4) is 5.75 Å². The first-order valence-corrected chi connectivity index (χ1v) is 6.69. The Balaban J connectivity index is 0.00000133. The van der Waals surface area contributed by atoms with Gasteiger partial charge in [-0.05, 0) is 36.2 Å². The van der Waals surface area contributed by atoms with Gasteiger partial charge in [-0.3, -0.25) is 0 Å². The molecule has 0 amide bonds. The maximum Gasteiger partial charge on any atom is 0.124 e. The van der Waals surface area contributed by atoms with Crippen LogP contribution in [-0.2, 0) is 0 Å². The average Bonchev–Trinajstić information content (AvgIpc) is 2.47. The van der Waals surface area contributed by atoms with Gasteiger partial charge in [0, 0.05) is 11.6 Å². The van der Waals surface area contributed by atoms with Crippen molar-refractivity contribution in [3.63, 3.8) is 0 Å². The Hall–Kier alpha value is -1.25. The molecule has 1 atom stereocenters. The predicted molar refractivity (Wildman–Crippen MR) is 82.3 cm³/mol. The molecule has 0 saturated carbocycles. The van der Waals surface area contributed by atoms with E-state index in [2.05, 4.69) is 41.7 Å². The van der Waals surface area contributed by atoms with Gasteiger partial charge < -0.3 is 10.1 Å². The quantitative estimate of drug-likeness (QED) is 0.893. The zero-order chi connectivity index (χ0) is 12.4. The standard InChI is InChI=1S/C16H19NO.ClH/c1-18-15-10-9-12-6-2-3-7-13(12)16(15)14-8-4-5-11-17-14;/h2-3,6-7,9-10,14,17H,4-5,8,11H2,1H3;1H/t14-;/m0./s1. The summed E-state index contributed by atoms with van der Waals surface area (Å²) in [6, 6.07) is 13.2. The zero-order valence-electron chi connectivity index (χ0n) is 11.2. The molecule has 0 aromatic heterocycles. The van der Waals surface area contributed by atoms with Crippen LogP contribution in [0.3, 0.4) is 0 Å². The summed E-state index contributed by atoms with van der Waals surface area (Å²) in [6.45, 7) is 1.11. The molecule has 2 aromatic rings. The summed E-state index contributed by atoms with van der Waals surface area (Å²) in [5.74, 6) is 1.01. The number of ether oxygens (including phenoxy) is 1. The Morgan fingerprint density at radius 2 is 1.95 bits per heavy atom. The average molecular weight is 278 g/mol. The maximum absolute atomic E-state index is 5.57. The Morgan fingerprint density at radius 3 is 2.68 bits per heavy atom. The molecule has 3 rings (SSSR count). The number of hydrogen-bond acceptors (Lipinski definition) is 2. The van der Waals surface area contributed by atoms with Gasteiger partial charge >= 0.3 is 0 Å². The molecule has 1 aliphatic heterocycles. The molecule has 1 fully saturated rings. The van der Waals surface area contributed by atoms with Crippen molar-refractivity contribution in [3.05, 3.63) is 42.0 Å². The summed E-state index contributed by atoms with van der Waals surface area (Å²) in [5, 5.41) is 6.23. The van der Waals surface area contributed by atoms with Gasteiger partial charge in [0.1, 0.15) is 5.75 Å². The van der Waals surface area contributed by atoms with Crippen LogP contribution in [0.4, 0.5) is 0 Å². The third kappa shape index (κ3) is 2.70. The van der Waals surface area contributed by atoms with Crippen LogP contribution in [0.2, 0.25) is 0 Å². The molecule has 1 heterocycles. The SMILES string of the molecule is COc1ccc2ccccc2c1[C@@H]1CCCCN1.Cl. The summed E-state index contributed by atoms with van der Waals surface area (Å²) in [6.07, 6.45) is 3.78. The van der Waals surface area contributed by atoms with Gasteiger partial charge in [-0.1, -0.05) is 36.8 Å². The fourth-order valence-corrected chi connectivity index (χ4v) is 2.91. The van der Waals surface area contributed by atoms with Crippen molar-refractivity contribution in [2.45, 2.75) is 25.3 Å². The highest BCUT2D eigenvalue weighted by Crippen LogP contribution is 2.36. The van der Waals surface area contributed by atoms with E-state index in [1.807, 2.05) is 0 Å². The van der Waals surface area contributed by atoms with Gasteiger partial charge in [-0.15, -0.1) is 12.4 Å². The number of piperidine rings is 1. The maximum atomic E-state index is 5.57. The zero-order valence-corrected chi connectivity index (χ0v) is 12.0. The summed E-state index contributed by atoms with van der Waals surface area (Å²) in [5.41, 5.74) is 1.33. The topological polar surface area (TPSA) is 21.3 Å². The lowest BCUT2D eigenvalue weighted by Gasteiger charge is -2.26. The van der Waals surface area contributed by atoms with Crippen LogP contribution >= 0.6 is 12.4 Å². The van der Waals surface area contributed by atoms with E-state index in [9.17, 15) is 0 Å². The number of fused-ring (bicyclic) bond motifs is 1. The highest BCUT2D eigenvalue weighted by atomic mass is 35.5. The van der Waals surface area contributed by atoms with Crippen LogP contribution in [-0.4, -0.2) is 13.7 Å². The lowest BCUT2D eigenvalue weighted by atomic mass is 9.92. The lowest BCUT2D eigenvalue weighted by molar-refractivity contribution is 0.376. The first-order valence-electron chi connectivity index (χ1n) is 6.69. The largest absolute Gasteiger partial charge is 0.496 e. The third-order valence-corrected chi connectivity index (χ3v) is 3.81. The third-order valence-electron chi connectivity index (χ3n) is 3.81. The van der Waals surface area contributed by atoms with Crippen molar-refractivity contribution < 1.29 is 4.74 Å². The fourth-order valence-electron chi connectivity index (χ4n) is 2.91. The van der Waals surface area contributed by atoms with Gasteiger partial charge in [0.05, 0.1) is 7.11 Å². The van der Waals surface area contributed by atoms with Gasteiger partial charge in [0.2, 0.25) is 0 Å². The molecule has 0 unspecified atom stereocenters. The number of nitrogens with one attached hydrogen (secondary N) is 1. The fraction of sp³-hybridized carbons (Fsp3) is 0.375. The van der Waals surface area contributed by atoms with Gasteiger partial charge in [-0.25, -0.2) is 0 Å². The van der Waals surface area contributed by atoms with Crippen molar-refractivity contribution in [2.75, 3.05) is 13.7 Å².